The number of carboxylic acid groups (broad SMARTS) is 1. The molecular weight excluding hydrogens is 254 g/mol. The van der Waals surface area contributed by atoms with Crippen LogP contribution in [-0.2, 0) is 4.79 Å². The average Bonchev–Trinajstić information content (AvgIpc) is 2.37. The maximum Gasteiger partial charge on any atom is 0.328 e. The summed E-state index contributed by atoms with van der Waals surface area (Å²) in [5.74, 6) is -0.0433. The van der Waals surface area contributed by atoms with E-state index in [1.54, 1.807) is 12.3 Å². The number of likely N-dealkylation sites (N-methyl/N-ethyl adjacent to an activating group) is 2. The first-order valence-electron chi connectivity index (χ1n) is 6.72. The van der Waals surface area contributed by atoms with Gasteiger partial charge in [0.15, 0.2) is 0 Å². The van der Waals surface area contributed by atoms with Gasteiger partial charge in [0.2, 0.25) is 0 Å². The van der Waals surface area contributed by atoms with Gasteiger partial charge in [-0.3, -0.25) is 0 Å². The van der Waals surface area contributed by atoms with Crippen molar-refractivity contribution in [1.29, 1.82) is 0 Å². The Kier molecular flexibility index (Phi) is 6.18. The van der Waals surface area contributed by atoms with E-state index in [-0.39, 0.29) is 0 Å². The molecule has 0 aliphatic heterocycles. The third-order valence-electron chi connectivity index (χ3n) is 2.99. The molecule has 0 saturated heterocycles. The molecular formula is C15H23N3O2. The highest BCUT2D eigenvalue weighted by molar-refractivity contribution is 5.85. The van der Waals surface area contributed by atoms with E-state index in [2.05, 4.69) is 42.7 Å². The van der Waals surface area contributed by atoms with Crippen molar-refractivity contribution in [2.24, 2.45) is 0 Å². The number of pyridine rings is 1. The molecule has 5 nitrogen and oxygen atoms in total. The standard InChI is InChI=1S/C15H23N3O2/c1-5-18(12(2)11-17(3)4)14-8-6-13(10-16-14)7-9-15(19)20/h6-10,12H,5,11H2,1-4H3,(H,19,20)/b9-7+. The lowest BCUT2D eigenvalue weighted by Crippen LogP contribution is -2.40. The van der Waals surface area contributed by atoms with E-state index in [0.717, 1.165) is 30.5 Å². The number of nitrogens with zero attached hydrogens (tertiary/aromatic N) is 3. The summed E-state index contributed by atoms with van der Waals surface area (Å²) in [6.45, 7) is 6.11. The van der Waals surface area contributed by atoms with Crippen LogP contribution in [0.5, 0.6) is 0 Å². The molecule has 0 amide bonds. The predicted molar refractivity (Wildman–Crippen MR) is 81.9 cm³/mol. The number of aromatic nitrogens is 1. The number of anilines is 1. The summed E-state index contributed by atoms with van der Waals surface area (Å²) in [6.07, 6.45) is 4.35. The number of carboxylic acids is 1. The highest BCUT2D eigenvalue weighted by atomic mass is 16.4. The smallest absolute Gasteiger partial charge is 0.328 e. The van der Waals surface area contributed by atoms with Gasteiger partial charge < -0.3 is 14.9 Å². The van der Waals surface area contributed by atoms with Gasteiger partial charge in [-0.1, -0.05) is 0 Å². The van der Waals surface area contributed by atoms with Gasteiger partial charge in [0.05, 0.1) is 0 Å². The van der Waals surface area contributed by atoms with Gasteiger partial charge in [-0.2, -0.15) is 0 Å². The summed E-state index contributed by atoms with van der Waals surface area (Å²) in [5.41, 5.74) is 0.785. The molecule has 0 aliphatic carbocycles. The van der Waals surface area contributed by atoms with Crippen molar-refractivity contribution < 1.29 is 9.90 Å². The minimum Gasteiger partial charge on any atom is -0.478 e. The lowest BCUT2D eigenvalue weighted by Gasteiger charge is -2.31. The lowest BCUT2D eigenvalue weighted by molar-refractivity contribution is -0.131. The molecule has 20 heavy (non-hydrogen) atoms. The maximum atomic E-state index is 10.5. The topological polar surface area (TPSA) is 56.7 Å². The molecule has 0 aliphatic rings. The largest absolute Gasteiger partial charge is 0.478 e. The monoisotopic (exact) mass is 277 g/mol. The van der Waals surface area contributed by atoms with Crippen molar-refractivity contribution in [3.05, 3.63) is 30.0 Å². The van der Waals surface area contributed by atoms with Crippen LogP contribution in [0.4, 0.5) is 5.82 Å². The molecule has 1 rings (SSSR count). The Labute approximate surface area is 120 Å². The summed E-state index contributed by atoms with van der Waals surface area (Å²) in [5, 5.41) is 8.59. The highest BCUT2D eigenvalue weighted by Crippen LogP contribution is 2.15. The van der Waals surface area contributed by atoms with Gasteiger partial charge in [0.1, 0.15) is 5.82 Å². The zero-order chi connectivity index (χ0) is 15.1. The van der Waals surface area contributed by atoms with E-state index in [4.69, 9.17) is 5.11 Å². The molecule has 110 valence electrons. The fourth-order valence-corrected chi connectivity index (χ4v) is 2.16. The van der Waals surface area contributed by atoms with E-state index in [9.17, 15) is 4.79 Å². The minimum absolute atomic E-state index is 0.364. The Morgan fingerprint density at radius 2 is 2.15 bits per heavy atom. The summed E-state index contributed by atoms with van der Waals surface area (Å²) < 4.78 is 0. The zero-order valence-corrected chi connectivity index (χ0v) is 12.6. The maximum absolute atomic E-state index is 10.5. The van der Waals surface area contributed by atoms with Crippen molar-refractivity contribution in [3.63, 3.8) is 0 Å². The molecule has 0 aromatic carbocycles. The fourth-order valence-electron chi connectivity index (χ4n) is 2.16. The molecule has 1 aromatic rings. The molecule has 0 saturated carbocycles. The number of hydrogen-bond acceptors (Lipinski definition) is 4. The zero-order valence-electron chi connectivity index (χ0n) is 12.6. The molecule has 0 bridgehead atoms. The van der Waals surface area contributed by atoms with Crippen LogP contribution in [-0.4, -0.2) is 54.2 Å². The lowest BCUT2D eigenvalue weighted by atomic mass is 10.2. The van der Waals surface area contributed by atoms with Crippen molar-refractivity contribution in [3.8, 4) is 0 Å². The Morgan fingerprint density at radius 3 is 2.60 bits per heavy atom. The Bertz CT molecular complexity index is 455. The second-order valence-electron chi connectivity index (χ2n) is 5.02. The van der Waals surface area contributed by atoms with Crippen LogP contribution >= 0.6 is 0 Å². The fraction of sp³-hybridized carbons (Fsp3) is 0.467. The minimum atomic E-state index is -0.955. The number of aliphatic carboxylic acids is 1. The van der Waals surface area contributed by atoms with Crippen LogP contribution < -0.4 is 4.90 Å². The predicted octanol–water partition coefficient (Wildman–Crippen LogP) is 1.96. The first-order chi connectivity index (χ1) is 9.43. The van der Waals surface area contributed by atoms with Crippen molar-refractivity contribution >= 4 is 17.9 Å². The van der Waals surface area contributed by atoms with E-state index in [1.165, 1.54) is 0 Å². The number of rotatable bonds is 7. The van der Waals surface area contributed by atoms with Gasteiger partial charge in [-0.25, -0.2) is 9.78 Å². The van der Waals surface area contributed by atoms with Crippen molar-refractivity contribution in [1.82, 2.24) is 9.88 Å². The quantitative estimate of drug-likeness (QED) is 0.772. The average molecular weight is 277 g/mol. The summed E-state index contributed by atoms with van der Waals surface area (Å²) in [7, 11) is 4.11. The van der Waals surface area contributed by atoms with Crippen LogP contribution in [0.3, 0.4) is 0 Å². The van der Waals surface area contributed by atoms with Gasteiger partial charge in [-0.15, -0.1) is 0 Å². The molecule has 0 radical (unpaired) electrons. The molecule has 1 heterocycles. The number of carbonyl (C=O) groups is 1. The van der Waals surface area contributed by atoms with Crippen LogP contribution in [0.1, 0.15) is 19.4 Å². The second-order valence-corrected chi connectivity index (χ2v) is 5.02. The summed E-state index contributed by atoms with van der Waals surface area (Å²) >= 11 is 0. The summed E-state index contributed by atoms with van der Waals surface area (Å²) in [4.78, 5) is 19.3. The third kappa shape index (κ3) is 5.01. The van der Waals surface area contributed by atoms with Gasteiger partial charge in [0.25, 0.3) is 0 Å². The molecule has 5 heteroatoms. The molecule has 1 aromatic heterocycles. The Morgan fingerprint density at radius 1 is 1.45 bits per heavy atom. The van der Waals surface area contributed by atoms with E-state index < -0.39 is 5.97 Å². The van der Waals surface area contributed by atoms with Crippen LogP contribution in [0, 0.1) is 0 Å². The molecule has 1 N–H and O–H groups in total. The van der Waals surface area contributed by atoms with Crippen LogP contribution in [0.15, 0.2) is 24.4 Å². The molecule has 1 atom stereocenters. The van der Waals surface area contributed by atoms with Gasteiger partial charge in [0, 0.05) is 31.4 Å². The first-order valence-corrected chi connectivity index (χ1v) is 6.72. The van der Waals surface area contributed by atoms with E-state index >= 15 is 0 Å². The normalized spacial score (nSPS) is 12.8. The molecule has 0 spiro atoms. The second kappa shape index (κ2) is 7.65. The number of hydrogen-bond donors (Lipinski definition) is 1. The van der Waals surface area contributed by atoms with Crippen molar-refractivity contribution in [2.45, 2.75) is 19.9 Å². The first kappa shape index (κ1) is 16.2. The Hall–Kier alpha value is -1.88. The van der Waals surface area contributed by atoms with Gasteiger partial charge >= 0.3 is 5.97 Å². The Balaban J connectivity index is 2.81. The third-order valence-corrected chi connectivity index (χ3v) is 2.99. The van der Waals surface area contributed by atoms with Crippen LogP contribution in [0.25, 0.3) is 6.08 Å². The SMILES string of the molecule is CCN(c1ccc(/C=C/C(=O)O)cn1)C(C)CN(C)C. The van der Waals surface area contributed by atoms with E-state index in [0.29, 0.717) is 6.04 Å². The van der Waals surface area contributed by atoms with Gasteiger partial charge in [-0.05, 0) is 51.7 Å². The summed E-state index contributed by atoms with van der Waals surface area (Å²) in [6, 6.07) is 4.17. The molecule has 0 fully saturated rings. The molecule has 1 unspecified atom stereocenters. The highest BCUT2D eigenvalue weighted by Gasteiger charge is 2.14. The van der Waals surface area contributed by atoms with E-state index in [1.807, 2.05) is 12.1 Å². The van der Waals surface area contributed by atoms with Crippen molar-refractivity contribution in [2.75, 3.05) is 32.1 Å². The van der Waals surface area contributed by atoms with Crippen LogP contribution in [0.2, 0.25) is 0 Å².